The molecule has 0 aliphatic heterocycles. The first-order valence-corrected chi connectivity index (χ1v) is 9.57. The van der Waals surface area contributed by atoms with E-state index in [2.05, 4.69) is 10.6 Å². The Hall–Kier alpha value is -2.21. The molecule has 0 atom stereocenters. The van der Waals surface area contributed by atoms with Crippen molar-refractivity contribution in [2.75, 3.05) is 0 Å². The minimum atomic E-state index is -0.508. The van der Waals surface area contributed by atoms with E-state index in [0.717, 1.165) is 31.1 Å². The molecular formula is C20H25ClN2O4. The van der Waals surface area contributed by atoms with E-state index in [0.29, 0.717) is 10.6 Å². The third-order valence-corrected chi connectivity index (χ3v) is 4.72. The van der Waals surface area contributed by atoms with Crippen LogP contribution in [0.5, 0.6) is 0 Å². The molecule has 1 aliphatic carbocycles. The summed E-state index contributed by atoms with van der Waals surface area (Å²) in [5.74, 6) is 0.0483. The Morgan fingerprint density at radius 2 is 1.70 bits per heavy atom. The maximum atomic E-state index is 12.5. The monoisotopic (exact) mass is 392 g/mol. The van der Waals surface area contributed by atoms with Gasteiger partial charge in [-0.25, -0.2) is 4.79 Å². The number of nitrogens with one attached hydrogen (secondary N) is 2. The first kappa shape index (κ1) is 19.5. The largest absolute Gasteiger partial charge is 0.451 e. The molecule has 0 radical (unpaired) electrons. The maximum absolute atomic E-state index is 12.5. The molecule has 0 saturated heterocycles. The van der Waals surface area contributed by atoms with Gasteiger partial charge < -0.3 is 19.8 Å². The van der Waals surface area contributed by atoms with E-state index in [1.807, 2.05) is 20.8 Å². The molecular weight excluding hydrogens is 368 g/mol. The quantitative estimate of drug-likeness (QED) is 0.796. The lowest BCUT2D eigenvalue weighted by molar-refractivity contribution is 0.0487. The van der Waals surface area contributed by atoms with E-state index >= 15 is 0 Å². The first-order chi connectivity index (χ1) is 12.7. The Morgan fingerprint density at radius 3 is 2.33 bits per heavy atom. The van der Waals surface area contributed by atoms with Crippen LogP contribution in [-0.2, 0) is 4.74 Å². The average Bonchev–Trinajstić information content (AvgIpc) is 2.98. The highest BCUT2D eigenvalue weighted by Crippen LogP contribution is 2.24. The van der Waals surface area contributed by atoms with Crippen LogP contribution in [0.25, 0.3) is 11.0 Å². The van der Waals surface area contributed by atoms with Crippen LogP contribution in [0.2, 0.25) is 5.02 Å². The van der Waals surface area contributed by atoms with E-state index in [9.17, 15) is 9.59 Å². The summed E-state index contributed by atoms with van der Waals surface area (Å²) in [5.41, 5.74) is 0.126. The van der Waals surface area contributed by atoms with Gasteiger partial charge in [-0.15, -0.1) is 0 Å². The number of rotatable bonds is 3. The first-order valence-electron chi connectivity index (χ1n) is 9.19. The standard InChI is InChI=1S/C20H25ClN2O4/c1-20(2,3)27-19(25)23-15-7-5-14(6-8-15)22-18(24)17-11-12-10-13(21)4-9-16(12)26-17/h4,9-11,14-15H,5-8H2,1-3H3,(H,22,24)(H,23,25). The van der Waals surface area contributed by atoms with Crippen molar-refractivity contribution in [1.82, 2.24) is 10.6 Å². The number of carbonyl (C=O) groups excluding carboxylic acids is 2. The Morgan fingerprint density at radius 1 is 1.07 bits per heavy atom. The van der Waals surface area contributed by atoms with Crippen LogP contribution in [0.4, 0.5) is 4.79 Å². The molecule has 2 aromatic rings. The molecule has 1 saturated carbocycles. The average molecular weight is 393 g/mol. The smallest absolute Gasteiger partial charge is 0.407 e. The van der Waals surface area contributed by atoms with Gasteiger partial charge in [-0.3, -0.25) is 4.79 Å². The van der Waals surface area contributed by atoms with Crippen molar-refractivity contribution in [3.63, 3.8) is 0 Å². The number of fused-ring (bicyclic) bond motifs is 1. The Labute approximate surface area is 163 Å². The summed E-state index contributed by atoms with van der Waals surface area (Å²) < 4.78 is 10.9. The molecule has 1 fully saturated rings. The summed E-state index contributed by atoms with van der Waals surface area (Å²) in [6.07, 6.45) is 2.77. The topological polar surface area (TPSA) is 80.6 Å². The van der Waals surface area contributed by atoms with Gasteiger partial charge in [0, 0.05) is 22.5 Å². The predicted octanol–water partition coefficient (Wildman–Crippen LogP) is 4.65. The molecule has 3 rings (SSSR count). The van der Waals surface area contributed by atoms with Crippen LogP contribution in [-0.4, -0.2) is 29.7 Å². The lowest BCUT2D eigenvalue weighted by atomic mass is 9.91. The maximum Gasteiger partial charge on any atom is 0.407 e. The van der Waals surface area contributed by atoms with Crippen LogP contribution in [0, 0.1) is 0 Å². The number of furan rings is 1. The fourth-order valence-electron chi connectivity index (χ4n) is 3.24. The van der Waals surface area contributed by atoms with Crippen LogP contribution in [0.3, 0.4) is 0 Å². The molecule has 27 heavy (non-hydrogen) atoms. The van der Waals surface area contributed by atoms with Crippen molar-refractivity contribution in [2.45, 2.75) is 64.1 Å². The summed E-state index contributed by atoms with van der Waals surface area (Å²) in [7, 11) is 0. The van der Waals surface area contributed by atoms with Crippen LogP contribution < -0.4 is 10.6 Å². The van der Waals surface area contributed by atoms with E-state index in [1.54, 1.807) is 24.3 Å². The van der Waals surface area contributed by atoms with Gasteiger partial charge in [0.25, 0.3) is 5.91 Å². The molecule has 1 aliphatic rings. The van der Waals surface area contributed by atoms with Crippen molar-refractivity contribution in [1.29, 1.82) is 0 Å². The summed E-state index contributed by atoms with van der Waals surface area (Å²) in [5, 5.41) is 7.32. The Balaban J connectivity index is 1.49. The molecule has 1 aromatic carbocycles. The van der Waals surface area contributed by atoms with Gasteiger partial charge in [0.15, 0.2) is 5.76 Å². The van der Waals surface area contributed by atoms with Gasteiger partial charge in [-0.05, 0) is 70.7 Å². The van der Waals surface area contributed by atoms with Gasteiger partial charge in [-0.1, -0.05) is 11.6 Å². The van der Waals surface area contributed by atoms with Crippen LogP contribution >= 0.6 is 11.6 Å². The zero-order valence-electron chi connectivity index (χ0n) is 15.8. The third-order valence-electron chi connectivity index (χ3n) is 4.49. The number of benzene rings is 1. The Kier molecular flexibility index (Phi) is 5.65. The zero-order chi connectivity index (χ0) is 19.6. The number of amides is 2. The minimum absolute atomic E-state index is 0.0611. The number of halogens is 1. The van der Waals surface area contributed by atoms with Gasteiger partial charge >= 0.3 is 6.09 Å². The highest BCUT2D eigenvalue weighted by molar-refractivity contribution is 6.31. The zero-order valence-corrected chi connectivity index (χ0v) is 16.6. The van der Waals surface area contributed by atoms with Gasteiger partial charge in [0.05, 0.1) is 0 Å². The predicted molar refractivity (Wildman–Crippen MR) is 104 cm³/mol. The van der Waals surface area contributed by atoms with Crippen molar-refractivity contribution in [2.24, 2.45) is 0 Å². The molecule has 1 heterocycles. The van der Waals surface area contributed by atoms with Crippen molar-refractivity contribution in [3.8, 4) is 0 Å². The minimum Gasteiger partial charge on any atom is -0.451 e. The highest BCUT2D eigenvalue weighted by atomic mass is 35.5. The highest BCUT2D eigenvalue weighted by Gasteiger charge is 2.26. The summed E-state index contributed by atoms with van der Waals surface area (Å²) in [6.45, 7) is 5.51. The number of carbonyl (C=O) groups is 2. The van der Waals surface area contributed by atoms with Gasteiger partial charge in [0.1, 0.15) is 11.2 Å². The second-order valence-corrected chi connectivity index (χ2v) is 8.40. The molecule has 0 bridgehead atoms. The van der Waals surface area contributed by atoms with Crippen LogP contribution in [0.1, 0.15) is 57.0 Å². The van der Waals surface area contributed by atoms with E-state index < -0.39 is 11.7 Å². The molecule has 6 nitrogen and oxygen atoms in total. The molecule has 2 N–H and O–H groups in total. The molecule has 0 spiro atoms. The number of ether oxygens (including phenoxy) is 1. The van der Waals surface area contributed by atoms with Gasteiger partial charge in [0.2, 0.25) is 0 Å². The second kappa shape index (κ2) is 7.80. The normalized spacial score (nSPS) is 20.3. The molecule has 0 unspecified atom stereocenters. The lowest BCUT2D eigenvalue weighted by Gasteiger charge is -2.30. The molecule has 2 amide bonds. The summed E-state index contributed by atoms with van der Waals surface area (Å²) >= 11 is 5.97. The fourth-order valence-corrected chi connectivity index (χ4v) is 3.42. The SMILES string of the molecule is CC(C)(C)OC(=O)NC1CCC(NC(=O)c2cc3cc(Cl)ccc3o2)CC1. The van der Waals surface area contributed by atoms with Crippen LogP contribution in [0.15, 0.2) is 28.7 Å². The lowest BCUT2D eigenvalue weighted by Crippen LogP contribution is -2.45. The summed E-state index contributed by atoms with van der Waals surface area (Å²) in [6, 6.07) is 7.08. The molecule has 1 aromatic heterocycles. The van der Waals surface area contributed by atoms with Crippen molar-refractivity contribution in [3.05, 3.63) is 35.0 Å². The van der Waals surface area contributed by atoms with E-state index in [1.165, 1.54) is 0 Å². The molecule has 146 valence electrons. The van der Waals surface area contributed by atoms with E-state index in [-0.39, 0.29) is 23.8 Å². The molecule has 7 heteroatoms. The fraction of sp³-hybridized carbons (Fsp3) is 0.500. The van der Waals surface area contributed by atoms with E-state index in [4.69, 9.17) is 20.8 Å². The van der Waals surface area contributed by atoms with Gasteiger partial charge in [-0.2, -0.15) is 0 Å². The van der Waals surface area contributed by atoms with Crippen molar-refractivity contribution >= 4 is 34.6 Å². The number of hydrogen-bond donors (Lipinski definition) is 2. The number of hydrogen-bond acceptors (Lipinski definition) is 4. The van der Waals surface area contributed by atoms with Crippen molar-refractivity contribution < 1.29 is 18.7 Å². The Bertz CT molecular complexity index is 832. The third kappa shape index (κ3) is 5.39. The second-order valence-electron chi connectivity index (χ2n) is 7.96. The summed E-state index contributed by atoms with van der Waals surface area (Å²) in [4.78, 5) is 24.3. The number of alkyl carbamates (subject to hydrolysis) is 1.